The van der Waals surface area contributed by atoms with Crippen molar-refractivity contribution in [3.05, 3.63) is 65.7 Å². The number of hydrogen-bond donors (Lipinski definition) is 0. The largest absolute Gasteiger partial charge is 0.489 e. The molecule has 2 aliphatic rings. The second-order valence-electron chi connectivity index (χ2n) is 6.18. The fourth-order valence-corrected chi connectivity index (χ4v) is 3.30. The Kier molecular flexibility index (Phi) is 4.03. The molecule has 0 saturated carbocycles. The maximum absolute atomic E-state index is 5.73. The van der Waals surface area contributed by atoms with E-state index in [4.69, 9.17) is 4.74 Å². The van der Waals surface area contributed by atoms with E-state index in [0.29, 0.717) is 6.61 Å². The van der Waals surface area contributed by atoms with Crippen LogP contribution >= 0.6 is 0 Å². The van der Waals surface area contributed by atoms with Crippen LogP contribution in [0.1, 0.15) is 11.1 Å². The lowest BCUT2D eigenvalue weighted by Gasteiger charge is -2.36. The van der Waals surface area contributed by atoms with Crippen LogP contribution in [0.3, 0.4) is 0 Å². The van der Waals surface area contributed by atoms with Gasteiger partial charge in [-0.15, -0.1) is 0 Å². The van der Waals surface area contributed by atoms with Crippen LogP contribution in [-0.2, 0) is 6.54 Å². The molecule has 2 aliphatic heterocycles. The lowest BCUT2D eigenvalue weighted by molar-refractivity contribution is 0.250. The molecule has 118 valence electrons. The Morgan fingerprint density at radius 3 is 2.57 bits per heavy atom. The van der Waals surface area contributed by atoms with Gasteiger partial charge in [-0.05, 0) is 23.8 Å². The number of fused-ring (bicyclic) bond motifs is 1. The van der Waals surface area contributed by atoms with Crippen LogP contribution in [0.2, 0.25) is 0 Å². The molecule has 2 heterocycles. The molecule has 0 atom stereocenters. The molecule has 1 saturated heterocycles. The van der Waals surface area contributed by atoms with E-state index < -0.39 is 0 Å². The van der Waals surface area contributed by atoms with Crippen LogP contribution in [0, 0.1) is 0 Å². The Labute approximate surface area is 137 Å². The molecule has 1 fully saturated rings. The van der Waals surface area contributed by atoms with Crippen LogP contribution in [-0.4, -0.2) is 37.7 Å². The number of benzene rings is 2. The molecule has 0 aromatic heterocycles. The molecule has 0 spiro atoms. The molecule has 0 aliphatic carbocycles. The summed E-state index contributed by atoms with van der Waals surface area (Å²) in [5, 5.41) is 0. The molecule has 23 heavy (non-hydrogen) atoms. The summed E-state index contributed by atoms with van der Waals surface area (Å²) in [7, 11) is 0. The maximum atomic E-state index is 5.73. The minimum atomic E-state index is 0.682. The Morgan fingerprint density at radius 2 is 1.74 bits per heavy atom. The highest BCUT2D eigenvalue weighted by Gasteiger charge is 2.18. The van der Waals surface area contributed by atoms with Crippen molar-refractivity contribution in [2.75, 3.05) is 37.7 Å². The molecule has 0 N–H and O–H groups in total. The monoisotopic (exact) mass is 306 g/mol. The van der Waals surface area contributed by atoms with Gasteiger partial charge in [0.1, 0.15) is 12.4 Å². The first-order valence-electron chi connectivity index (χ1n) is 8.33. The molecule has 0 unspecified atom stereocenters. The van der Waals surface area contributed by atoms with Gasteiger partial charge < -0.3 is 9.64 Å². The third-order valence-corrected chi connectivity index (χ3v) is 4.62. The average Bonchev–Trinajstić information content (AvgIpc) is 2.63. The van der Waals surface area contributed by atoms with E-state index in [1.807, 2.05) is 0 Å². The van der Waals surface area contributed by atoms with Crippen molar-refractivity contribution in [1.29, 1.82) is 0 Å². The zero-order valence-corrected chi connectivity index (χ0v) is 13.3. The minimum Gasteiger partial charge on any atom is -0.489 e. The van der Waals surface area contributed by atoms with Crippen LogP contribution < -0.4 is 9.64 Å². The Morgan fingerprint density at radius 1 is 0.913 bits per heavy atom. The van der Waals surface area contributed by atoms with Gasteiger partial charge in [0.2, 0.25) is 0 Å². The SMILES string of the molecule is C1=Cc2ccc(N3CCN(Cc4ccccc4)CC3)cc2OC1. The van der Waals surface area contributed by atoms with Gasteiger partial charge >= 0.3 is 0 Å². The summed E-state index contributed by atoms with van der Waals surface area (Å²) in [6.45, 7) is 6.08. The maximum Gasteiger partial charge on any atom is 0.129 e. The average molecular weight is 306 g/mol. The fraction of sp³-hybridized carbons (Fsp3) is 0.300. The van der Waals surface area contributed by atoms with Crippen molar-refractivity contribution in [3.63, 3.8) is 0 Å². The van der Waals surface area contributed by atoms with Gasteiger partial charge in [0.25, 0.3) is 0 Å². The summed E-state index contributed by atoms with van der Waals surface area (Å²) in [5.74, 6) is 1.01. The Balaban J connectivity index is 1.39. The minimum absolute atomic E-state index is 0.682. The van der Waals surface area contributed by atoms with E-state index in [2.05, 4.69) is 70.5 Å². The number of piperazine rings is 1. The van der Waals surface area contributed by atoms with Crippen molar-refractivity contribution in [1.82, 2.24) is 4.90 Å². The molecule has 3 heteroatoms. The molecular formula is C20H22N2O. The summed E-state index contributed by atoms with van der Waals surface area (Å²) in [5.41, 5.74) is 3.86. The van der Waals surface area contributed by atoms with E-state index in [1.54, 1.807) is 0 Å². The second-order valence-corrected chi connectivity index (χ2v) is 6.18. The molecule has 0 amide bonds. The first-order valence-corrected chi connectivity index (χ1v) is 8.33. The number of nitrogens with zero attached hydrogens (tertiary/aromatic N) is 2. The van der Waals surface area contributed by atoms with E-state index in [1.165, 1.54) is 16.8 Å². The van der Waals surface area contributed by atoms with Crippen molar-refractivity contribution in [2.24, 2.45) is 0 Å². The van der Waals surface area contributed by atoms with E-state index in [0.717, 1.165) is 38.5 Å². The van der Waals surface area contributed by atoms with Crippen LogP contribution in [0.5, 0.6) is 5.75 Å². The zero-order chi connectivity index (χ0) is 15.5. The topological polar surface area (TPSA) is 15.7 Å². The van der Waals surface area contributed by atoms with E-state index >= 15 is 0 Å². The van der Waals surface area contributed by atoms with Crippen molar-refractivity contribution in [3.8, 4) is 5.75 Å². The first-order chi connectivity index (χ1) is 11.4. The van der Waals surface area contributed by atoms with Gasteiger partial charge in [0, 0.05) is 50.0 Å². The zero-order valence-electron chi connectivity index (χ0n) is 13.3. The summed E-state index contributed by atoms with van der Waals surface area (Å²) in [6, 6.07) is 17.3. The van der Waals surface area contributed by atoms with Gasteiger partial charge in [-0.3, -0.25) is 4.90 Å². The Bertz CT molecular complexity index is 688. The van der Waals surface area contributed by atoms with Gasteiger partial charge in [-0.2, -0.15) is 0 Å². The molecule has 0 radical (unpaired) electrons. The smallest absolute Gasteiger partial charge is 0.129 e. The molecule has 2 aromatic carbocycles. The standard InChI is InChI=1S/C20H22N2O/c1-2-5-17(6-3-1)16-21-10-12-22(13-11-21)19-9-8-18-7-4-14-23-20(18)15-19/h1-9,15H,10-14,16H2. The summed E-state index contributed by atoms with van der Waals surface area (Å²) >= 11 is 0. The molecule has 4 rings (SSSR count). The van der Waals surface area contributed by atoms with Crippen LogP contribution in [0.15, 0.2) is 54.6 Å². The predicted molar refractivity (Wildman–Crippen MR) is 94.9 cm³/mol. The number of hydrogen-bond acceptors (Lipinski definition) is 3. The lowest BCUT2D eigenvalue weighted by Crippen LogP contribution is -2.45. The summed E-state index contributed by atoms with van der Waals surface area (Å²) in [4.78, 5) is 4.99. The normalized spacial score (nSPS) is 17.7. The molecule has 3 nitrogen and oxygen atoms in total. The molecule has 0 bridgehead atoms. The number of anilines is 1. The van der Waals surface area contributed by atoms with Gasteiger partial charge in [-0.25, -0.2) is 0 Å². The Hall–Kier alpha value is -2.26. The number of ether oxygens (including phenoxy) is 1. The fourth-order valence-electron chi connectivity index (χ4n) is 3.30. The second kappa shape index (κ2) is 6.47. The lowest BCUT2D eigenvalue weighted by atomic mass is 10.1. The van der Waals surface area contributed by atoms with E-state index in [-0.39, 0.29) is 0 Å². The highest BCUT2D eigenvalue weighted by atomic mass is 16.5. The molecule has 2 aromatic rings. The third-order valence-electron chi connectivity index (χ3n) is 4.62. The number of rotatable bonds is 3. The predicted octanol–water partition coefficient (Wildman–Crippen LogP) is 3.41. The van der Waals surface area contributed by atoms with Gasteiger partial charge in [-0.1, -0.05) is 36.4 Å². The van der Waals surface area contributed by atoms with Gasteiger partial charge in [0.15, 0.2) is 0 Å². The molecular weight excluding hydrogens is 284 g/mol. The summed E-state index contributed by atoms with van der Waals surface area (Å²) < 4.78 is 5.73. The first kappa shape index (κ1) is 14.3. The van der Waals surface area contributed by atoms with Crippen molar-refractivity contribution < 1.29 is 4.74 Å². The van der Waals surface area contributed by atoms with Crippen molar-refractivity contribution >= 4 is 11.8 Å². The third kappa shape index (κ3) is 3.25. The van der Waals surface area contributed by atoms with Crippen molar-refractivity contribution in [2.45, 2.75) is 6.54 Å². The van der Waals surface area contributed by atoms with E-state index in [9.17, 15) is 0 Å². The van der Waals surface area contributed by atoms with Crippen LogP contribution in [0.4, 0.5) is 5.69 Å². The van der Waals surface area contributed by atoms with Gasteiger partial charge in [0.05, 0.1) is 0 Å². The highest BCUT2D eigenvalue weighted by Crippen LogP contribution is 2.29. The quantitative estimate of drug-likeness (QED) is 0.864. The summed E-state index contributed by atoms with van der Waals surface area (Å²) in [6.07, 6.45) is 4.20. The van der Waals surface area contributed by atoms with Crippen LogP contribution in [0.25, 0.3) is 6.08 Å². The highest BCUT2D eigenvalue weighted by molar-refractivity contribution is 5.65.